The monoisotopic (exact) mass is 270 g/mol. The highest BCUT2D eigenvalue weighted by Crippen LogP contribution is 2.30. The van der Waals surface area contributed by atoms with Crippen LogP contribution in [0.5, 0.6) is 0 Å². The van der Waals surface area contributed by atoms with E-state index in [1.807, 2.05) is 25.8 Å². The molecule has 3 nitrogen and oxygen atoms in total. The molecular weight excluding hydrogens is 244 g/mol. The van der Waals surface area contributed by atoms with Crippen LogP contribution in [0.4, 0.5) is 0 Å². The molecule has 1 atom stereocenters. The van der Waals surface area contributed by atoms with Crippen LogP contribution in [0, 0.1) is 11.3 Å². The van der Waals surface area contributed by atoms with Gasteiger partial charge in [0.05, 0.1) is 10.4 Å². The van der Waals surface area contributed by atoms with Gasteiger partial charge in [-0.1, -0.05) is 26.1 Å². The lowest BCUT2D eigenvalue weighted by atomic mass is 9.82. The van der Waals surface area contributed by atoms with Gasteiger partial charge >= 0.3 is 0 Å². The van der Waals surface area contributed by atoms with E-state index in [1.165, 1.54) is 12.8 Å². The fourth-order valence-electron chi connectivity index (χ4n) is 2.62. The summed E-state index contributed by atoms with van der Waals surface area (Å²) >= 11 is 5.08. The van der Waals surface area contributed by atoms with E-state index in [2.05, 4.69) is 6.92 Å². The zero-order valence-electron chi connectivity index (χ0n) is 12.0. The molecule has 1 amide bonds. The van der Waals surface area contributed by atoms with E-state index >= 15 is 0 Å². The van der Waals surface area contributed by atoms with Gasteiger partial charge in [-0.25, -0.2) is 0 Å². The number of carbonyl (C=O) groups excluding carboxylic acids is 1. The molecule has 1 aliphatic rings. The lowest BCUT2D eigenvalue weighted by Crippen LogP contribution is -2.51. The van der Waals surface area contributed by atoms with Crippen molar-refractivity contribution in [2.24, 2.45) is 17.1 Å². The molecule has 1 saturated carbocycles. The van der Waals surface area contributed by atoms with E-state index in [0.29, 0.717) is 17.5 Å². The maximum Gasteiger partial charge on any atom is 0.235 e. The number of thiocarbonyl (C=S) groups is 1. The Labute approximate surface area is 116 Å². The van der Waals surface area contributed by atoms with Crippen molar-refractivity contribution in [1.29, 1.82) is 0 Å². The summed E-state index contributed by atoms with van der Waals surface area (Å²) in [6.07, 6.45) is 5.27. The van der Waals surface area contributed by atoms with Crippen molar-refractivity contribution in [1.82, 2.24) is 4.90 Å². The summed E-state index contributed by atoms with van der Waals surface area (Å²) in [5.74, 6) is 0.870. The van der Waals surface area contributed by atoms with Crippen LogP contribution in [0.3, 0.4) is 0 Å². The Kier molecular flexibility index (Phi) is 5.14. The first-order valence-corrected chi connectivity index (χ1v) is 7.31. The molecule has 1 rings (SSSR count). The zero-order chi connectivity index (χ0) is 13.9. The molecule has 0 bridgehead atoms. The Balaban J connectivity index is 2.74. The largest absolute Gasteiger partial charge is 0.392 e. The summed E-state index contributed by atoms with van der Waals surface area (Å²) in [4.78, 5) is 14.8. The average molecular weight is 270 g/mol. The van der Waals surface area contributed by atoms with Crippen LogP contribution in [0.25, 0.3) is 0 Å². The second-order valence-corrected chi connectivity index (χ2v) is 6.32. The molecule has 18 heavy (non-hydrogen) atoms. The van der Waals surface area contributed by atoms with E-state index in [9.17, 15) is 4.79 Å². The van der Waals surface area contributed by atoms with Crippen molar-refractivity contribution in [2.75, 3.05) is 7.05 Å². The van der Waals surface area contributed by atoms with Crippen molar-refractivity contribution >= 4 is 23.1 Å². The molecule has 2 N–H and O–H groups in total. The standard InChI is InChI=1S/C14H26N2OS/c1-5-14(3,12(15)18)13(17)16(4)11-8-6-10(2)7-9-11/h10-11H,5-9H2,1-4H3,(H2,15,18). The Bertz CT molecular complexity index is 324. The molecule has 4 heteroatoms. The number of hydrogen-bond donors (Lipinski definition) is 1. The number of nitrogens with zero attached hydrogens (tertiary/aromatic N) is 1. The highest BCUT2D eigenvalue weighted by atomic mass is 32.1. The molecule has 0 aromatic heterocycles. The van der Waals surface area contributed by atoms with Crippen molar-refractivity contribution in [3.05, 3.63) is 0 Å². The summed E-state index contributed by atoms with van der Waals surface area (Å²) < 4.78 is 0. The molecule has 0 radical (unpaired) electrons. The molecule has 1 aliphatic carbocycles. The first-order valence-electron chi connectivity index (χ1n) is 6.90. The SMILES string of the molecule is CCC(C)(C(=O)N(C)C1CCC(C)CC1)C(N)=S. The van der Waals surface area contributed by atoms with E-state index in [1.54, 1.807) is 0 Å². The van der Waals surface area contributed by atoms with E-state index in [4.69, 9.17) is 18.0 Å². The quantitative estimate of drug-likeness (QED) is 0.799. The van der Waals surface area contributed by atoms with Gasteiger partial charge in [0, 0.05) is 13.1 Å². The number of rotatable bonds is 4. The first-order chi connectivity index (χ1) is 8.32. The van der Waals surface area contributed by atoms with Gasteiger partial charge in [-0.3, -0.25) is 4.79 Å². The molecule has 0 aliphatic heterocycles. The smallest absolute Gasteiger partial charge is 0.235 e. The fourth-order valence-corrected chi connectivity index (χ4v) is 2.85. The number of nitrogens with two attached hydrogens (primary N) is 1. The third-order valence-corrected chi connectivity index (χ3v) is 5.03. The summed E-state index contributed by atoms with van der Waals surface area (Å²) in [5, 5.41) is 0. The second kappa shape index (κ2) is 6.00. The maximum atomic E-state index is 12.6. The number of hydrogen-bond acceptors (Lipinski definition) is 2. The molecular formula is C14H26N2OS. The van der Waals surface area contributed by atoms with Gasteiger partial charge in [0.15, 0.2) is 0 Å². The highest BCUT2D eigenvalue weighted by Gasteiger charge is 2.39. The molecule has 0 aromatic rings. The Morgan fingerprint density at radius 2 is 1.89 bits per heavy atom. The lowest BCUT2D eigenvalue weighted by Gasteiger charge is -2.38. The van der Waals surface area contributed by atoms with Crippen LogP contribution in [0.15, 0.2) is 0 Å². The van der Waals surface area contributed by atoms with E-state index < -0.39 is 5.41 Å². The molecule has 1 fully saturated rings. The van der Waals surface area contributed by atoms with E-state index in [-0.39, 0.29) is 5.91 Å². The summed E-state index contributed by atoms with van der Waals surface area (Å²) in [6.45, 7) is 6.11. The minimum absolute atomic E-state index is 0.0806. The van der Waals surface area contributed by atoms with Gasteiger partial charge in [0.2, 0.25) is 5.91 Å². The van der Waals surface area contributed by atoms with Gasteiger partial charge in [-0.2, -0.15) is 0 Å². The van der Waals surface area contributed by atoms with E-state index in [0.717, 1.165) is 18.8 Å². The van der Waals surface area contributed by atoms with Gasteiger partial charge in [-0.05, 0) is 44.9 Å². The number of carbonyl (C=O) groups is 1. The average Bonchev–Trinajstić information content (AvgIpc) is 2.36. The van der Waals surface area contributed by atoms with Crippen LogP contribution in [-0.4, -0.2) is 28.9 Å². The zero-order valence-corrected chi connectivity index (χ0v) is 12.8. The van der Waals surface area contributed by atoms with Gasteiger partial charge in [0.25, 0.3) is 0 Å². The Morgan fingerprint density at radius 3 is 2.28 bits per heavy atom. The van der Waals surface area contributed by atoms with Crippen molar-refractivity contribution < 1.29 is 4.79 Å². The Hall–Kier alpha value is -0.640. The van der Waals surface area contributed by atoms with Crippen LogP contribution < -0.4 is 5.73 Å². The predicted octanol–water partition coefficient (Wildman–Crippen LogP) is 2.73. The van der Waals surface area contributed by atoms with Gasteiger partial charge < -0.3 is 10.6 Å². The summed E-state index contributed by atoms with van der Waals surface area (Å²) in [6, 6.07) is 0.355. The van der Waals surface area contributed by atoms with Gasteiger partial charge in [0.1, 0.15) is 0 Å². The molecule has 1 unspecified atom stereocenters. The minimum Gasteiger partial charge on any atom is -0.392 e. The summed E-state index contributed by atoms with van der Waals surface area (Å²) in [7, 11) is 1.90. The normalized spacial score (nSPS) is 27.3. The fraction of sp³-hybridized carbons (Fsp3) is 0.857. The highest BCUT2D eigenvalue weighted by molar-refractivity contribution is 7.80. The lowest BCUT2D eigenvalue weighted by molar-refractivity contribution is -0.139. The second-order valence-electron chi connectivity index (χ2n) is 5.88. The molecule has 104 valence electrons. The summed E-state index contributed by atoms with van der Waals surface area (Å²) in [5.41, 5.74) is 5.07. The predicted molar refractivity (Wildman–Crippen MR) is 79.4 cm³/mol. The molecule has 0 aromatic carbocycles. The molecule has 0 heterocycles. The van der Waals surface area contributed by atoms with Gasteiger partial charge in [-0.15, -0.1) is 0 Å². The third kappa shape index (κ3) is 3.02. The van der Waals surface area contributed by atoms with Crippen molar-refractivity contribution in [3.8, 4) is 0 Å². The molecule has 0 saturated heterocycles. The number of amides is 1. The van der Waals surface area contributed by atoms with Crippen molar-refractivity contribution in [2.45, 2.75) is 58.9 Å². The van der Waals surface area contributed by atoms with Crippen LogP contribution in [-0.2, 0) is 4.79 Å². The Morgan fingerprint density at radius 1 is 1.39 bits per heavy atom. The van der Waals surface area contributed by atoms with Crippen molar-refractivity contribution in [3.63, 3.8) is 0 Å². The topological polar surface area (TPSA) is 46.3 Å². The minimum atomic E-state index is -0.687. The van der Waals surface area contributed by atoms with Crippen LogP contribution in [0.1, 0.15) is 52.9 Å². The maximum absolute atomic E-state index is 12.6. The first kappa shape index (κ1) is 15.4. The third-order valence-electron chi connectivity index (χ3n) is 4.58. The molecule has 0 spiro atoms. The van der Waals surface area contributed by atoms with Crippen LogP contribution in [0.2, 0.25) is 0 Å². The van der Waals surface area contributed by atoms with Crippen LogP contribution >= 0.6 is 12.2 Å².